The number of ether oxygens (including phenoxy) is 2. The SMILES string of the molecule is CCOCCOc1ccc(-c2cc(=O)[nH]c(-c3cc(CC(CC)C(N)=O)ccc3C(F)(F)F)n2)cn1. The summed E-state index contributed by atoms with van der Waals surface area (Å²) in [4.78, 5) is 34.9. The van der Waals surface area contributed by atoms with Crippen LogP contribution in [-0.2, 0) is 22.1 Å². The van der Waals surface area contributed by atoms with Crippen molar-refractivity contribution >= 4 is 5.91 Å². The monoisotopic (exact) mass is 504 g/mol. The number of pyridine rings is 1. The molecule has 0 radical (unpaired) electrons. The maximum atomic E-state index is 13.8. The minimum atomic E-state index is -4.70. The van der Waals surface area contributed by atoms with Crippen molar-refractivity contribution in [2.75, 3.05) is 19.8 Å². The highest BCUT2D eigenvalue weighted by molar-refractivity contribution is 5.77. The van der Waals surface area contributed by atoms with Crippen molar-refractivity contribution in [3.8, 4) is 28.5 Å². The van der Waals surface area contributed by atoms with Crippen LogP contribution in [0.5, 0.6) is 5.88 Å². The summed E-state index contributed by atoms with van der Waals surface area (Å²) in [5.74, 6) is -0.995. The molecule has 0 fully saturated rings. The lowest BCUT2D eigenvalue weighted by Gasteiger charge is -2.16. The number of nitrogens with zero attached hydrogens (tertiary/aromatic N) is 2. The second kappa shape index (κ2) is 11.8. The number of aromatic amines is 1. The molecule has 1 atom stereocenters. The molecular formula is C25H27F3N4O4. The maximum Gasteiger partial charge on any atom is 0.417 e. The van der Waals surface area contributed by atoms with Crippen LogP contribution in [0.2, 0.25) is 0 Å². The standard InChI is InChI=1S/C25H27F3N4O4/c1-3-16(23(29)34)11-15-5-7-19(25(26,27)28)18(12-15)24-31-20(13-21(33)32-24)17-6-8-22(30-14-17)36-10-9-35-4-2/h5-8,12-14,16H,3-4,9-11H2,1-2H3,(H2,29,34)(H,31,32,33). The minimum absolute atomic E-state index is 0.143. The van der Waals surface area contributed by atoms with Gasteiger partial charge in [0.15, 0.2) is 0 Å². The van der Waals surface area contributed by atoms with E-state index in [1.54, 1.807) is 19.1 Å². The molecule has 8 nitrogen and oxygen atoms in total. The van der Waals surface area contributed by atoms with E-state index in [2.05, 4.69) is 15.0 Å². The highest BCUT2D eigenvalue weighted by Gasteiger charge is 2.34. The van der Waals surface area contributed by atoms with Crippen molar-refractivity contribution < 1.29 is 27.4 Å². The Hall–Kier alpha value is -3.73. The van der Waals surface area contributed by atoms with Gasteiger partial charge >= 0.3 is 6.18 Å². The molecule has 0 saturated heterocycles. The first-order chi connectivity index (χ1) is 17.1. The Bertz CT molecular complexity index is 1240. The summed E-state index contributed by atoms with van der Waals surface area (Å²) in [5.41, 5.74) is 4.53. The average molecular weight is 505 g/mol. The van der Waals surface area contributed by atoms with Crippen molar-refractivity contribution in [2.45, 2.75) is 32.9 Å². The van der Waals surface area contributed by atoms with Gasteiger partial charge in [-0.3, -0.25) is 9.59 Å². The summed E-state index contributed by atoms with van der Waals surface area (Å²) in [6.07, 6.45) is -2.68. The van der Waals surface area contributed by atoms with Crippen molar-refractivity contribution in [3.63, 3.8) is 0 Å². The van der Waals surface area contributed by atoms with Crippen LogP contribution in [0.3, 0.4) is 0 Å². The topological polar surface area (TPSA) is 120 Å². The van der Waals surface area contributed by atoms with Gasteiger partial charge in [-0.15, -0.1) is 0 Å². The normalized spacial score (nSPS) is 12.4. The molecule has 0 spiro atoms. The van der Waals surface area contributed by atoms with Crippen molar-refractivity contribution in [2.24, 2.45) is 11.7 Å². The summed E-state index contributed by atoms with van der Waals surface area (Å²) in [6.45, 7) is 4.91. The molecule has 3 aromatic rings. The van der Waals surface area contributed by atoms with Gasteiger partial charge < -0.3 is 20.2 Å². The molecule has 2 heterocycles. The summed E-state index contributed by atoms with van der Waals surface area (Å²) in [7, 11) is 0. The zero-order valence-corrected chi connectivity index (χ0v) is 19.9. The van der Waals surface area contributed by atoms with Crippen LogP contribution < -0.4 is 16.0 Å². The number of carbonyl (C=O) groups excluding carboxylic acids is 1. The molecule has 0 aliphatic rings. The fourth-order valence-electron chi connectivity index (χ4n) is 3.59. The summed E-state index contributed by atoms with van der Waals surface area (Å²) in [5, 5.41) is 0. The highest BCUT2D eigenvalue weighted by atomic mass is 19.4. The fraction of sp³-hybridized carbons (Fsp3) is 0.360. The molecule has 0 saturated carbocycles. The number of alkyl halides is 3. The van der Waals surface area contributed by atoms with Crippen LogP contribution in [0.4, 0.5) is 13.2 Å². The number of hydrogen-bond acceptors (Lipinski definition) is 6. The first-order valence-corrected chi connectivity index (χ1v) is 11.4. The average Bonchev–Trinajstić information content (AvgIpc) is 2.84. The second-order valence-corrected chi connectivity index (χ2v) is 8.00. The summed E-state index contributed by atoms with van der Waals surface area (Å²) >= 11 is 0. The molecule has 0 bridgehead atoms. The van der Waals surface area contributed by atoms with E-state index in [4.69, 9.17) is 15.2 Å². The number of nitrogens with one attached hydrogen (secondary N) is 1. The molecular weight excluding hydrogens is 477 g/mol. The zero-order chi connectivity index (χ0) is 26.3. The molecule has 0 aliphatic heterocycles. The number of nitrogens with two attached hydrogens (primary N) is 1. The van der Waals surface area contributed by atoms with E-state index in [9.17, 15) is 22.8 Å². The number of rotatable bonds is 11. The van der Waals surface area contributed by atoms with Crippen LogP contribution in [0, 0.1) is 5.92 Å². The maximum absolute atomic E-state index is 13.8. The number of halogens is 3. The largest absolute Gasteiger partial charge is 0.475 e. The number of hydrogen-bond donors (Lipinski definition) is 2. The van der Waals surface area contributed by atoms with Crippen LogP contribution >= 0.6 is 0 Å². The zero-order valence-electron chi connectivity index (χ0n) is 19.9. The molecule has 1 unspecified atom stereocenters. The van der Waals surface area contributed by atoms with Crippen molar-refractivity contribution in [1.29, 1.82) is 0 Å². The number of benzene rings is 1. The number of carbonyl (C=O) groups is 1. The van der Waals surface area contributed by atoms with Gasteiger partial charge in [0.1, 0.15) is 12.4 Å². The van der Waals surface area contributed by atoms with E-state index in [1.807, 2.05) is 6.92 Å². The first kappa shape index (κ1) is 26.9. The smallest absolute Gasteiger partial charge is 0.417 e. The van der Waals surface area contributed by atoms with E-state index in [0.717, 1.165) is 6.07 Å². The second-order valence-electron chi connectivity index (χ2n) is 8.00. The first-order valence-electron chi connectivity index (χ1n) is 11.4. The van der Waals surface area contributed by atoms with E-state index in [0.29, 0.717) is 43.2 Å². The lowest BCUT2D eigenvalue weighted by molar-refractivity contribution is -0.137. The van der Waals surface area contributed by atoms with Gasteiger partial charge in [-0.2, -0.15) is 13.2 Å². The Kier molecular flexibility index (Phi) is 8.81. The lowest BCUT2D eigenvalue weighted by Crippen LogP contribution is -2.24. The van der Waals surface area contributed by atoms with Gasteiger partial charge in [0.25, 0.3) is 5.56 Å². The molecule has 1 aromatic carbocycles. The van der Waals surface area contributed by atoms with E-state index in [1.165, 1.54) is 24.4 Å². The Balaban J connectivity index is 1.98. The molecule has 3 N–H and O–H groups in total. The molecule has 0 aliphatic carbocycles. The molecule has 3 rings (SSSR count). The van der Waals surface area contributed by atoms with Gasteiger partial charge in [0.05, 0.1) is 17.9 Å². The van der Waals surface area contributed by atoms with Crippen LogP contribution in [0.15, 0.2) is 47.4 Å². The number of amides is 1. The Labute approximate surface area is 205 Å². The Morgan fingerprint density at radius 2 is 1.92 bits per heavy atom. The highest BCUT2D eigenvalue weighted by Crippen LogP contribution is 2.37. The summed E-state index contributed by atoms with van der Waals surface area (Å²) in [6, 6.07) is 7.85. The number of primary amides is 1. The molecule has 36 heavy (non-hydrogen) atoms. The van der Waals surface area contributed by atoms with Gasteiger partial charge in [0, 0.05) is 42.0 Å². The quantitative estimate of drug-likeness (QED) is 0.381. The molecule has 11 heteroatoms. The third-order valence-electron chi connectivity index (χ3n) is 5.48. The van der Waals surface area contributed by atoms with Crippen molar-refractivity contribution in [1.82, 2.24) is 15.0 Å². The predicted octanol–water partition coefficient (Wildman–Crippen LogP) is 3.99. The number of H-pyrrole nitrogens is 1. The third kappa shape index (κ3) is 6.91. The third-order valence-corrected chi connectivity index (χ3v) is 5.48. The predicted molar refractivity (Wildman–Crippen MR) is 127 cm³/mol. The van der Waals surface area contributed by atoms with E-state index in [-0.39, 0.29) is 23.5 Å². The van der Waals surface area contributed by atoms with Gasteiger partial charge in [-0.1, -0.05) is 13.0 Å². The molecule has 2 aromatic heterocycles. The van der Waals surface area contributed by atoms with E-state index >= 15 is 0 Å². The van der Waals surface area contributed by atoms with Crippen molar-refractivity contribution in [3.05, 3.63) is 64.1 Å². The van der Waals surface area contributed by atoms with E-state index < -0.39 is 29.1 Å². The Morgan fingerprint density at radius 3 is 2.53 bits per heavy atom. The van der Waals surface area contributed by atoms with Crippen LogP contribution in [0.1, 0.15) is 31.4 Å². The lowest BCUT2D eigenvalue weighted by atomic mass is 9.93. The number of aromatic nitrogens is 3. The molecule has 192 valence electrons. The minimum Gasteiger partial charge on any atom is -0.475 e. The summed E-state index contributed by atoms with van der Waals surface area (Å²) < 4.78 is 52.1. The van der Waals surface area contributed by atoms with Crippen LogP contribution in [0.25, 0.3) is 22.6 Å². The Morgan fingerprint density at radius 1 is 1.14 bits per heavy atom. The van der Waals surface area contributed by atoms with Gasteiger partial charge in [0.2, 0.25) is 11.8 Å². The molecule has 1 amide bonds. The fourth-order valence-corrected chi connectivity index (χ4v) is 3.59. The van der Waals surface area contributed by atoms with Gasteiger partial charge in [-0.25, -0.2) is 9.97 Å². The van der Waals surface area contributed by atoms with Crippen LogP contribution in [-0.4, -0.2) is 40.7 Å². The van der Waals surface area contributed by atoms with Gasteiger partial charge in [-0.05, 0) is 43.5 Å².